The number of amides is 2. The molecular formula is C11H7Cl3INO2. The molecule has 0 saturated carbocycles. The van der Waals surface area contributed by atoms with Crippen LogP contribution in [0.3, 0.4) is 0 Å². The summed E-state index contributed by atoms with van der Waals surface area (Å²) in [6.07, 6.45) is 0.207. The molecule has 1 unspecified atom stereocenters. The summed E-state index contributed by atoms with van der Waals surface area (Å²) in [5.74, 6) is -0.791. The van der Waals surface area contributed by atoms with E-state index in [0.29, 0.717) is 10.1 Å². The van der Waals surface area contributed by atoms with Gasteiger partial charge in [-0.25, -0.2) is 4.90 Å². The molecular weight excluding hydrogens is 411 g/mol. The molecule has 1 aliphatic rings. The monoisotopic (exact) mass is 417 g/mol. The van der Waals surface area contributed by atoms with Gasteiger partial charge in [0.2, 0.25) is 11.8 Å². The number of imide groups is 1. The van der Waals surface area contributed by atoms with Crippen molar-refractivity contribution in [2.75, 3.05) is 9.33 Å². The summed E-state index contributed by atoms with van der Waals surface area (Å²) in [6.45, 7) is 0. The van der Waals surface area contributed by atoms with Crippen LogP contribution in [-0.2, 0) is 9.59 Å². The fourth-order valence-corrected chi connectivity index (χ4v) is 3.07. The predicted octanol–water partition coefficient (Wildman–Crippen LogP) is 3.96. The molecule has 1 heterocycles. The Morgan fingerprint density at radius 1 is 1.17 bits per heavy atom. The Kier molecular flexibility index (Phi) is 4.41. The minimum Gasteiger partial charge on any atom is -0.274 e. The number of anilines is 1. The summed E-state index contributed by atoms with van der Waals surface area (Å²) in [5.41, 5.74) is 0.299. The zero-order chi connectivity index (χ0) is 13.4. The van der Waals surface area contributed by atoms with Gasteiger partial charge in [0.25, 0.3) is 0 Å². The Labute approximate surface area is 133 Å². The lowest BCUT2D eigenvalue weighted by molar-refractivity contribution is -0.122. The van der Waals surface area contributed by atoms with Crippen LogP contribution in [0, 0.1) is 5.92 Å². The number of halogens is 4. The molecule has 1 aromatic carbocycles. The molecule has 1 aromatic rings. The van der Waals surface area contributed by atoms with Crippen molar-refractivity contribution in [3.8, 4) is 0 Å². The highest BCUT2D eigenvalue weighted by Crippen LogP contribution is 2.37. The van der Waals surface area contributed by atoms with Crippen LogP contribution >= 0.6 is 57.4 Å². The number of rotatable bonds is 2. The molecule has 7 heteroatoms. The van der Waals surface area contributed by atoms with Crippen molar-refractivity contribution in [3.63, 3.8) is 0 Å². The highest BCUT2D eigenvalue weighted by atomic mass is 127. The van der Waals surface area contributed by atoms with Crippen molar-refractivity contribution in [1.29, 1.82) is 0 Å². The molecule has 0 spiro atoms. The van der Waals surface area contributed by atoms with Gasteiger partial charge in [-0.1, -0.05) is 57.4 Å². The Hall–Kier alpha value is -0.0400. The normalized spacial score (nSPS) is 19.8. The molecule has 1 fully saturated rings. The van der Waals surface area contributed by atoms with Crippen LogP contribution in [-0.4, -0.2) is 16.2 Å². The highest BCUT2D eigenvalue weighted by Gasteiger charge is 2.39. The zero-order valence-electron chi connectivity index (χ0n) is 8.92. The van der Waals surface area contributed by atoms with Gasteiger partial charge in [-0.05, 0) is 12.1 Å². The summed E-state index contributed by atoms with van der Waals surface area (Å²) in [7, 11) is 0. The van der Waals surface area contributed by atoms with Gasteiger partial charge < -0.3 is 0 Å². The van der Waals surface area contributed by atoms with E-state index in [9.17, 15) is 9.59 Å². The van der Waals surface area contributed by atoms with Gasteiger partial charge >= 0.3 is 0 Å². The average Bonchev–Trinajstić information content (AvgIpc) is 2.59. The first-order valence-electron chi connectivity index (χ1n) is 5.03. The second-order valence-electron chi connectivity index (χ2n) is 3.84. The van der Waals surface area contributed by atoms with E-state index in [1.165, 1.54) is 12.1 Å². The Bertz CT molecular complexity index is 535. The van der Waals surface area contributed by atoms with E-state index in [4.69, 9.17) is 34.8 Å². The molecule has 2 amide bonds. The molecule has 3 nitrogen and oxygen atoms in total. The van der Waals surface area contributed by atoms with Gasteiger partial charge in [0.05, 0.1) is 26.7 Å². The van der Waals surface area contributed by atoms with Crippen molar-refractivity contribution in [2.45, 2.75) is 6.42 Å². The maximum Gasteiger partial charge on any atom is 0.238 e. The first-order chi connectivity index (χ1) is 8.45. The van der Waals surface area contributed by atoms with E-state index in [1.807, 2.05) is 0 Å². The van der Waals surface area contributed by atoms with Crippen LogP contribution in [0.15, 0.2) is 12.1 Å². The van der Waals surface area contributed by atoms with Crippen molar-refractivity contribution in [3.05, 3.63) is 27.2 Å². The Balaban J connectivity index is 2.46. The number of carbonyl (C=O) groups is 2. The van der Waals surface area contributed by atoms with Crippen LogP contribution in [0.1, 0.15) is 6.42 Å². The van der Waals surface area contributed by atoms with Crippen LogP contribution < -0.4 is 4.90 Å². The van der Waals surface area contributed by atoms with Crippen LogP contribution in [0.25, 0.3) is 0 Å². The summed E-state index contributed by atoms with van der Waals surface area (Å²) in [4.78, 5) is 25.0. The second-order valence-corrected chi connectivity index (χ2v) is 5.94. The first kappa shape index (κ1) is 14.4. The minimum atomic E-state index is -0.288. The van der Waals surface area contributed by atoms with Crippen molar-refractivity contribution in [2.24, 2.45) is 5.92 Å². The average molecular weight is 418 g/mol. The first-order valence-corrected chi connectivity index (χ1v) is 7.69. The van der Waals surface area contributed by atoms with Gasteiger partial charge in [0.15, 0.2) is 0 Å². The minimum absolute atomic E-state index is 0.207. The van der Waals surface area contributed by atoms with Gasteiger partial charge in [-0.3, -0.25) is 9.59 Å². The topological polar surface area (TPSA) is 37.4 Å². The molecule has 1 aliphatic heterocycles. The van der Waals surface area contributed by atoms with E-state index in [-0.39, 0.29) is 39.2 Å². The summed E-state index contributed by atoms with van der Waals surface area (Å²) in [6, 6.07) is 2.87. The lowest BCUT2D eigenvalue weighted by Gasteiger charge is -2.17. The van der Waals surface area contributed by atoms with Crippen LogP contribution in [0.4, 0.5) is 5.69 Å². The van der Waals surface area contributed by atoms with Gasteiger partial charge in [0.1, 0.15) is 0 Å². The van der Waals surface area contributed by atoms with Crippen molar-refractivity contribution < 1.29 is 9.59 Å². The molecule has 1 atom stereocenters. The second kappa shape index (κ2) is 5.53. The largest absolute Gasteiger partial charge is 0.274 e. The molecule has 96 valence electrons. The lowest BCUT2D eigenvalue weighted by Crippen LogP contribution is -2.31. The molecule has 0 aliphatic carbocycles. The molecule has 18 heavy (non-hydrogen) atoms. The number of carbonyl (C=O) groups excluding carboxylic acids is 2. The number of hydrogen-bond donors (Lipinski definition) is 0. The summed E-state index contributed by atoms with van der Waals surface area (Å²) < 4.78 is 0.595. The SMILES string of the molecule is O=C1CC(CI)C(=O)N1c1cc(Cl)c(Cl)cc1Cl. The highest BCUT2D eigenvalue weighted by molar-refractivity contribution is 14.1. The zero-order valence-corrected chi connectivity index (χ0v) is 13.3. The smallest absolute Gasteiger partial charge is 0.238 e. The lowest BCUT2D eigenvalue weighted by atomic mass is 10.1. The third kappa shape index (κ3) is 2.48. The maximum absolute atomic E-state index is 12.1. The molecule has 0 aromatic heterocycles. The van der Waals surface area contributed by atoms with Gasteiger partial charge in [-0.15, -0.1) is 0 Å². The number of benzene rings is 1. The third-order valence-electron chi connectivity index (χ3n) is 2.66. The van der Waals surface area contributed by atoms with Crippen LogP contribution in [0.2, 0.25) is 15.1 Å². The molecule has 0 bridgehead atoms. The van der Waals surface area contributed by atoms with E-state index in [1.54, 1.807) is 0 Å². The Morgan fingerprint density at radius 3 is 2.33 bits per heavy atom. The summed E-state index contributed by atoms with van der Waals surface area (Å²) >= 11 is 19.8. The van der Waals surface area contributed by atoms with E-state index in [2.05, 4.69) is 22.6 Å². The van der Waals surface area contributed by atoms with Gasteiger partial charge in [0, 0.05) is 10.8 Å². The van der Waals surface area contributed by atoms with Crippen LogP contribution in [0.5, 0.6) is 0 Å². The molecule has 2 rings (SSSR count). The number of alkyl halides is 1. The fraction of sp³-hybridized carbons (Fsp3) is 0.273. The van der Waals surface area contributed by atoms with Gasteiger partial charge in [-0.2, -0.15) is 0 Å². The third-order valence-corrected chi connectivity index (χ3v) is 4.75. The van der Waals surface area contributed by atoms with Crippen molar-refractivity contribution >= 4 is 74.9 Å². The Morgan fingerprint density at radius 2 is 1.78 bits per heavy atom. The molecule has 0 radical (unpaired) electrons. The van der Waals surface area contributed by atoms with E-state index >= 15 is 0 Å². The van der Waals surface area contributed by atoms with Crippen molar-refractivity contribution in [1.82, 2.24) is 0 Å². The standard InChI is InChI=1S/C11H7Cl3INO2/c12-6-2-8(14)9(3-7(6)13)16-10(17)1-5(4-15)11(16)18/h2-3,5H,1,4H2. The van der Waals surface area contributed by atoms with E-state index < -0.39 is 0 Å². The predicted molar refractivity (Wildman–Crippen MR) is 81.0 cm³/mol. The van der Waals surface area contributed by atoms with E-state index in [0.717, 1.165) is 4.90 Å². The summed E-state index contributed by atoms with van der Waals surface area (Å²) in [5, 5.41) is 0.782. The number of nitrogens with zero attached hydrogens (tertiary/aromatic N) is 1. The molecule has 0 N–H and O–H groups in total. The molecule has 1 saturated heterocycles. The maximum atomic E-state index is 12.1. The number of hydrogen-bond acceptors (Lipinski definition) is 2. The fourth-order valence-electron chi connectivity index (χ4n) is 1.75. The quantitative estimate of drug-likeness (QED) is 0.316.